The number of hydrogen-bond donors (Lipinski definition) is 1. The lowest BCUT2D eigenvalue weighted by Crippen LogP contribution is -2.65. The molecule has 0 bridgehead atoms. The Balaban J connectivity index is 2.33. The van der Waals surface area contributed by atoms with Crippen molar-refractivity contribution < 1.29 is 9.59 Å². The number of piperazine rings is 1. The molecule has 1 heterocycles. The lowest BCUT2D eigenvalue weighted by Gasteiger charge is -2.40. The Kier molecular flexibility index (Phi) is 3.00. The third-order valence-electron chi connectivity index (χ3n) is 5.50. The summed E-state index contributed by atoms with van der Waals surface area (Å²) in [5, 5.41) is 2.85. The van der Waals surface area contributed by atoms with Gasteiger partial charge < -0.3 is 10.2 Å². The molecule has 2 rings (SSSR count). The summed E-state index contributed by atoms with van der Waals surface area (Å²) in [6, 6.07) is -0.598. The zero-order valence-corrected chi connectivity index (χ0v) is 13.1. The molecule has 2 amide bonds. The molecule has 1 saturated carbocycles. The molecule has 2 fully saturated rings. The smallest absolute Gasteiger partial charge is 0.246 e. The van der Waals surface area contributed by atoms with Crippen LogP contribution in [0.3, 0.4) is 0 Å². The van der Waals surface area contributed by atoms with E-state index in [4.69, 9.17) is 0 Å². The summed E-state index contributed by atoms with van der Waals surface area (Å²) in [4.78, 5) is 26.6. The van der Waals surface area contributed by atoms with Crippen molar-refractivity contribution in [2.45, 2.75) is 66.6 Å². The van der Waals surface area contributed by atoms with Crippen molar-refractivity contribution >= 4 is 11.8 Å². The van der Waals surface area contributed by atoms with Gasteiger partial charge in [0.25, 0.3) is 0 Å². The highest BCUT2D eigenvalue weighted by molar-refractivity contribution is 5.97. The number of hydrogen-bond acceptors (Lipinski definition) is 2. The third-order valence-corrected chi connectivity index (χ3v) is 5.50. The van der Waals surface area contributed by atoms with E-state index in [0.29, 0.717) is 0 Å². The highest BCUT2D eigenvalue weighted by Gasteiger charge is 2.69. The summed E-state index contributed by atoms with van der Waals surface area (Å²) in [5.74, 6) is 0.166. The van der Waals surface area contributed by atoms with Gasteiger partial charge in [-0.1, -0.05) is 41.5 Å². The van der Waals surface area contributed by atoms with E-state index in [1.165, 1.54) is 0 Å². The number of nitrogens with zero attached hydrogens (tertiary/aromatic N) is 1. The minimum absolute atomic E-state index is 0.0307. The molecule has 1 saturated heterocycles. The first-order valence-electron chi connectivity index (χ1n) is 7.16. The lowest BCUT2D eigenvalue weighted by molar-refractivity contribution is -0.151. The average Bonchev–Trinajstić information content (AvgIpc) is 2.66. The summed E-state index contributed by atoms with van der Waals surface area (Å²) in [6.45, 7) is 14.5. The Labute approximate surface area is 115 Å². The molecule has 1 N–H and O–H groups in total. The van der Waals surface area contributed by atoms with Crippen molar-refractivity contribution in [3.8, 4) is 0 Å². The maximum absolute atomic E-state index is 12.7. The van der Waals surface area contributed by atoms with E-state index < -0.39 is 0 Å². The van der Waals surface area contributed by atoms with E-state index in [-0.39, 0.29) is 46.7 Å². The second kappa shape index (κ2) is 3.97. The third kappa shape index (κ3) is 1.79. The molecule has 0 radical (unpaired) electrons. The molecule has 2 unspecified atom stereocenters. The van der Waals surface area contributed by atoms with Gasteiger partial charge in [0.2, 0.25) is 11.8 Å². The zero-order valence-electron chi connectivity index (χ0n) is 13.1. The molecule has 108 valence electrons. The van der Waals surface area contributed by atoms with Crippen LogP contribution in [0.5, 0.6) is 0 Å². The van der Waals surface area contributed by atoms with Crippen LogP contribution in [0.25, 0.3) is 0 Å². The topological polar surface area (TPSA) is 49.4 Å². The summed E-state index contributed by atoms with van der Waals surface area (Å²) in [6.07, 6.45) is 0. The minimum atomic E-state index is -0.379. The second-order valence-electron chi connectivity index (χ2n) is 7.50. The van der Waals surface area contributed by atoms with Crippen LogP contribution in [0.4, 0.5) is 0 Å². The molecule has 4 heteroatoms. The molecule has 0 aromatic rings. The first-order chi connectivity index (χ1) is 8.53. The van der Waals surface area contributed by atoms with Crippen LogP contribution in [0, 0.1) is 16.7 Å². The van der Waals surface area contributed by atoms with Gasteiger partial charge in [-0.3, -0.25) is 9.59 Å². The molecule has 19 heavy (non-hydrogen) atoms. The van der Waals surface area contributed by atoms with E-state index in [1.807, 2.05) is 25.7 Å². The fraction of sp³-hybridized carbons (Fsp3) is 0.867. The quantitative estimate of drug-likeness (QED) is 0.828. The number of rotatable bonds is 2. The molecule has 4 nitrogen and oxygen atoms in total. The van der Waals surface area contributed by atoms with Crippen molar-refractivity contribution in [3.63, 3.8) is 0 Å². The van der Waals surface area contributed by atoms with Crippen molar-refractivity contribution in [3.05, 3.63) is 0 Å². The standard InChI is InChI=1S/C15H26N2O2/c1-8(2)10-12(19)17(9(3)11(18)16-10)13-14(4,5)15(13,6)7/h8-10,13H,1-7H3,(H,16,18). The van der Waals surface area contributed by atoms with E-state index in [1.54, 1.807) is 0 Å². The van der Waals surface area contributed by atoms with E-state index in [9.17, 15) is 9.59 Å². The van der Waals surface area contributed by atoms with Gasteiger partial charge in [0, 0.05) is 6.04 Å². The van der Waals surface area contributed by atoms with Crippen LogP contribution in [0.1, 0.15) is 48.5 Å². The molecule has 2 atom stereocenters. The normalized spacial score (nSPS) is 33.6. The predicted octanol–water partition coefficient (Wildman–Crippen LogP) is 1.79. The van der Waals surface area contributed by atoms with Gasteiger partial charge >= 0.3 is 0 Å². The average molecular weight is 266 g/mol. The number of amides is 2. The highest BCUT2D eigenvalue weighted by Crippen LogP contribution is 2.65. The van der Waals surface area contributed by atoms with Crippen molar-refractivity contribution in [2.24, 2.45) is 16.7 Å². The van der Waals surface area contributed by atoms with E-state index in [2.05, 4.69) is 33.0 Å². The van der Waals surface area contributed by atoms with Crippen molar-refractivity contribution in [1.29, 1.82) is 0 Å². The van der Waals surface area contributed by atoms with Crippen LogP contribution in [-0.2, 0) is 9.59 Å². The van der Waals surface area contributed by atoms with Gasteiger partial charge in [-0.15, -0.1) is 0 Å². The van der Waals surface area contributed by atoms with E-state index >= 15 is 0 Å². The van der Waals surface area contributed by atoms with Gasteiger partial charge in [-0.05, 0) is 23.7 Å². The molecule has 1 aliphatic heterocycles. The first-order valence-corrected chi connectivity index (χ1v) is 7.16. The second-order valence-corrected chi connectivity index (χ2v) is 7.50. The van der Waals surface area contributed by atoms with Crippen molar-refractivity contribution in [2.75, 3.05) is 0 Å². The molecule has 1 aliphatic carbocycles. The van der Waals surface area contributed by atoms with Crippen LogP contribution >= 0.6 is 0 Å². The molecule has 0 spiro atoms. The Bertz CT molecular complexity index is 412. The molecular weight excluding hydrogens is 240 g/mol. The largest absolute Gasteiger partial charge is 0.342 e. The number of carbonyl (C=O) groups is 2. The van der Waals surface area contributed by atoms with Gasteiger partial charge in [0.15, 0.2) is 0 Å². The zero-order chi connectivity index (χ0) is 14.7. The predicted molar refractivity (Wildman–Crippen MR) is 74.4 cm³/mol. The summed E-state index contributed by atoms with van der Waals surface area (Å²) in [5.41, 5.74) is 0.131. The van der Waals surface area contributed by atoms with Gasteiger partial charge in [0.05, 0.1) is 0 Å². The Morgan fingerprint density at radius 3 is 1.95 bits per heavy atom. The van der Waals surface area contributed by atoms with Gasteiger partial charge in [-0.2, -0.15) is 0 Å². The molecule has 0 aromatic carbocycles. The van der Waals surface area contributed by atoms with Crippen LogP contribution in [-0.4, -0.2) is 34.8 Å². The fourth-order valence-electron chi connectivity index (χ4n) is 3.47. The lowest BCUT2D eigenvalue weighted by atomic mass is 9.97. The first kappa shape index (κ1) is 14.4. The fourth-order valence-corrected chi connectivity index (χ4v) is 3.47. The number of carbonyl (C=O) groups excluding carboxylic acids is 2. The van der Waals surface area contributed by atoms with Gasteiger partial charge in [-0.25, -0.2) is 0 Å². The monoisotopic (exact) mass is 266 g/mol. The van der Waals surface area contributed by atoms with Crippen LogP contribution in [0.15, 0.2) is 0 Å². The van der Waals surface area contributed by atoms with Crippen LogP contribution < -0.4 is 5.32 Å². The van der Waals surface area contributed by atoms with E-state index in [0.717, 1.165) is 0 Å². The molecular formula is C15H26N2O2. The molecule has 0 aromatic heterocycles. The Morgan fingerprint density at radius 1 is 1.11 bits per heavy atom. The summed E-state index contributed by atoms with van der Waals surface area (Å²) < 4.78 is 0. The highest BCUT2D eigenvalue weighted by atomic mass is 16.2. The maximum Gasteiger partial charge on any atom is 0.246 e. The number of nitrogens with one attached hydrogen (secondary N) is 1. The Hall–Kier alpha value is -1.06. The summed E-state index contributed by atoms with van der Waals surface area (Å²) >= 11 is 0. The minimum Gasteiger partial charge on any atom is -0.342 e. The molecule has 2 aliphatic rings. The SMILES string of the molecule is CC(C)C1NC(=O)C(C)N(C2C(C)(C)C2(C)C)C1=O. The summed E-state index contributed by atoms with van der Waals surface area (Å²) in [7, 11) is 0. The maximum atomic E-state index is 12.7. The van der Waals surface area contributed by atoms with Crippen LogP contribution in [0.2, 0.25) is 0 Å². The van der Waals surface area contributed by atoms with Gasteiger partial charge in [0.1, 0.15) is 12.1 Å². The Morgan fingerprint density at radius 2 is 1.58 bits per heavy atom. The van der Waals surface area contributed by atoms with Crippen molar-refractivity contribution in [1.82, 2.24) is 10.2 Å².